The van der Waals surface area contributed by atoms with Gasteiger partial charge in [0.25, 0.3) is 0 Å². The van der Waals surface area contributed by atoms with Gasteiger partial charge in [-0.05, 0) is 50.2 Å². The highest BCUT2D eigenvalue weighted by molar-refractivity contribution is 14.0. The summed E-state index contributed by atoms with van der Waals surface area (Å²) in [6, 6.07) is 8.19. The summed E-state index contributed by atoms with van der Waals surface area (Å²) in [5.74, 6) is 1.30. The molecule has 0 aliphatic carbocycles. The van der Waals surface area contributed by atoms with Gasteiger partial charge >= 0.3 is 0 Å². The second kappa shape index (κ2) is 9.89. The third kappa shape index (κ3) is 5.64. The molecule has 1 heterocycles. The summed E-state index contributed by atoms with van der Waals surface area (Å²) in [5, 5.41) is 3.12. The van der Waals surface area contributed by atoms with Gasteiger partial charge in [0.1, 0.15) is 5.75 Å². The van der Waals surface area contributed by atoms with Crippen LogP contribution in [-0.2, 0) is 0 Å². The molecule has 1 aliphatic heterocycles. The zero-order valence-electron chi connectivity index (χ0n) is 13.4. The number of rotatable bonds is 5. The van der Waals surface area contributed by atoms with Gasteiger partial charge in [0.2, 0.25) is 0 Å². The van der Waals surface area contributed by atoms with E-state index in [1.54, 1.807) is 7.11 Å². The predicted molar refractivity (Wildman–Crippen MR) is 103 cm³/mol. The molecule has 2 rings (SSSR count). The molecule has 22 heavy (non-hydrogen) atoms. The van der Waals surface area contributed by atoms with E-state index in [2.05, 4.69) is 22.1 Å². The second-order valence-electron chi connectivity index (χ2n) is 5.36. The van der Waals surface area contributed by atoms with E-state index in [0.29, 0.717) is 12.0 Å². The number of ether oxygens (including phenoxy) is 1. The first-order chi connectivity index (χ1) is 10.2. The molecule has 6 heteroatoms. The number of hydrogen-bond acceptors (Lipinski definition) is 3. The molecule has 5 nitrogen and oxygen atoms in total. The van der Waals surface area contributed by atoms with E-state index >= 15 is 0 Å². The van der Waals surface area contributed by atoms with E-state index in [9.17, 15) is 0 Å². The third-order valence-electron chi connectivity index (χ3n) is 3.99. The number of methoxy groups -OCH3 is 1. The zero-order valence-corrected chi connectivity index (χ0v) is 15.7. The van der Waals surface area contributed by atoms with E-state index in [1.807, 2.05) is 24.3 Å². The van der Waals surface area contributed by atoms with Crippen LogP contribution >= 0.6 is 24.0 Å². The Morgan fingerprint density at radius 1 is 1.36 bits per heavy atom. The minimum Gasteiger partial charge on any atom is -0.497 e. The fourth-order valence-corrected chi connectivity index (χ4v) is 2.75. The number of nitrogens with one attached hydrogen (secondary N) is 1. The van der Waals surface area contributed by atoms with Gasteiger partial charge in [-0.3, -0.25) is 9.89 Å². The van der Waals surface area contributed by atoms with Gasteiger partial charge in [0.15, 0.2) is 5.96 Å². The minimum atomic E-state index is 0. The quantitative estimate of drug-likeness (QED) is 0.439. The topological polar surface area (TPSA) is 62.9 Å². The van der Waals surface area contributed by atoms with E-state index in [4.69, 9.17) is 10.5 Å². The molecule has 124 valence electrons. The van der Waals surface area contributed by atoms with Crippen LogP contribution < -0.4 is 15.8 Å². The van der Waals surface area contributed by atoms with Crippen molar-refractivity contribution in [1.29, 1.82) is 0 Å². The summed E-state index contributed by atoms with van der Waals surface area (Å²) in [6.07, 6.45) is 3.81. The lowest BCUT2D eigenvalue weighted by molar-refractivity contribution is 0.161. The van der Waals surface area contributed by atoms with Crippen LogP contribution in [0.25, 0.3) is 0 Å². The van der Waals surface area contributed by atoms with Crippen molar-refractivity contribution in [2.75, 3.05) is 32.1 Å². The van der Waals surface area contributed by atoms with Crippen LogP contribution in [0.15, 0.2) is 29.3 Å². The molecule has 1 fully saturated rings. The fourth-order valence-electron chi connectivity index (χ4n) is 2.75. The molecule has 1 atom stereocenters. The van der Waals surface area contributed by atoms with Crippen molar-refractivity contribution in [3.63, 3.8) is 0 Å². The molecule has 0 saturated carbocycles. The number of anilines is 1. The number of hydrogen-bond donors (Lipinski definition) is 2. The standard InChI is InChI=1S/C16H26N4O.HI/c1-3-20-11-5-4-6-14(20)12-18-16(17)19-13-7-9-15(21-2)10-8-13;/h7-10,14H,3-6,11-12H2,1-2H3,(H3,17,18,19);1H. The highest BCUT2D eigenvalue weighted by Crippen LogP contribution is 2.17. The molecular formula is C16H27IN4O. The summed E-state index contributed by atoms with van der Waals surface area (Å²) < 4.78 is 5.13. The van der Waals surface area contributed by atoms with Gasteiger partial charge in [0, 0.05) is 11.7 Å². The number of nitrogens with two attached hydrogens (primary N) is 1. The largest absolute Gasteiger partial charge is 0.497 e. The number of halogens is 1. The molecule has 3 N–H and O–H groups in total. The van der Waals surface area contributed by atoms with Gasteiger partial charge in [-0.1, -0.05) is 13.3 Å². The lowest BCUT2D eigenvalue weighted by Crippen LogP contribution is -2.41. The number of likely N-dealkylation sites (tertiary alicyclic amines) is 1. The van der Waals surface area contributed by atoms with Crippen LogP contribution in [0.4, 0.5) is 5.69 Å². The maximum atomic E-state index is 5.97. The molecule has 1 aromatic rings. The third-order valence-corrected chi connectivity index (χ3v) is 3.99. The van der Waals surface area contributed by atoms with Crippen molar-refractivity contribution < 1.29 is 4.74 Å². The van der Waals surface area contributed by atoms with Crippen LogP contribution in [0.1, 0.15) is 26.2 Å². The van der Waals surface area contributed by atoms with Crippen molar-refractivity contribution in [2.45, 2.75) is 32.2 Å². The van der Waals surface area contributed by atoms with Gasteiger partial charge in [-0.2, -0.15) is 0 Å². The van der Waals surface area contributed by atoms with E-state index < -0.39 is 0 Å². The molecule has 0 spiro atoms. The highest BCUT2D eigenvalue weighted by atomic mass is 127. The molecule has 1 saturated heterocycles. The average Bonchev–Trinajstić information content (AvgIpc) is 2.54. The second-order valence-corrected chi connectivity index (χ2v) is 5.36. The maximum Gasteiger partial charge on any atom is 0.193 e. The molecule has 1 aromatic carbocycles. The molecule has 0 aromatic heterocycles. The Hall–Kier alpha value is -1.02. The van der Waals surface area contributed by atoms with Crippen molar-refractivity contribution >= 4 is 35.6 Å². The highest BCUT2D eigenvalue weighted by Gasteiger charge is 2.20. The summed E-state index contributed by atoms with van der Waals surface area (Å²) in [5.41, 5.74) is 6.89. The number of likely N-dealkylation sites (N-methyl/N-ethyl adjacent to an activating group) is 1. The van der Waals surface area contributed by atoms with E-state index in [1.165, 1.54) is 25.8 Å². The van der Waals surface area contributed by atoms with Gasteiger partial charge in [-0.25, -0.2) is 0 Å². The van der Waals surface area contributed by atoms with Crippen molar-refractivity contribution in [2.24, 2.45) is 10.7 Å². The molecule has 0 bridgehead atoms. The Kier molecular flexibility index (Phi) is 8.55. The monoisotopic (exact) mass is 418 g/mol. The Balaban J connectivity index is 0.00000242. The summed E-state index contributed by atoms with van der Waals surface area (Å²) in [4.78, 5) is 6.99. The summed E-state index contributed by atoms with van der Waals surface area (Å²) in [6.45, 7) is 5.25. The van der Waals surface area contributed by atoms with Crippen LogP contribution in [0.3, 0.4) is 0 Å². The molecule has 1 unspecified atom stereocenters. The van der Waals surface area contributed by atoms with E-state index in [-0.39, 0.29) is 24.0 Å². The lowest BCUT2D eigenvalue weighted by Gasteiger charge is -2.33. The first-order valence-corrected chi connectivity index (χ1v) is 7.68. The maximum absolute atomic E-state index is 5.97. The Labute approximate surface area is 150 Å². The predicted octanol–water partition coefficient (Wildman–Crippen LogP) is 2.91. The number of nitrogens with zero attached hydrogens (tertiary/aromatic N) is 2. The van der Waals surface area contributed by atoms with Crippen LogP contribution in [0.5, 0.6) is 5.75 Å². The van der Waals surface area contributed by atoms with Crippen LogP contribution in [0.2, 0.25) is 0 Å². The first-order valence-electron chi connectivity index (χ1n) is 7.68. The van der Waals surface area contributed by atoms with Gasteiger partial charge in [-0.15, -0.1) is 24.0 Å². The Bertz CT molecular complexity index is 464. The number of piperidine rings is 1. The summed E-state index contributed by atoms with van der Waals surface area (Å²) >= 11 is 0. The molecule has 0 amide bonds. The molecular weight excluding hydrogens is 391 g/mol. The van der Waals surface area contributed by atoms with E-state index in [0.717, 1.165) is 24.5 Å². The molecule has 1 aliphatic rings. The normalized spacial score (nSPS) is 19.4. The van der Waals surface area contributed by atoms with Gasteiger partial charge < -0.3 is 15.8 Å². The average molecular weight is 418 g/mol. The number of aliphatic imine (C=N–C) groups is 1. The SMILES string of the molecule is CCN1CCCCC1CN=C(N)Nc1ccc(OC)cc1.I. The Morgan fingerprint density at radius 2 is 2.09 bits per heavy atom. The lowest BCUT2D eigenvalue weighted by atomic mass is 10.0. The zero-order chi connectivity index (χ0) is 15.1. The van der Waals surface area contributed by atoms with Gasteiger partial charge in [0.05, 0.1) is 13.7 Å². The fraction of sp³-hybridized carbons (Fsp3) is 0.562. The van der Waals surface area contributed by atoms with Crippen molar-refractivity contribution in [3.8, 4) is 5.75 Å². The first kappa shape index (κ1) is 19.0. The van der Waals surface area contributed by atoms with Crippen LogP contribution in [-0.4, -0.2) is 43.6 Å². The van der Waals surface area contributed by atoms with Crippen molar-refractivity contribution in [1.82, 2.24) is 4.90 Å². The number of guanidine groups is 1. The Morgan fingerprint density at radius 3 is 2.73 bits per heavy atom. The molecule has 0 radical (unpaired) electrons. The smallest absolute Gasteiger partial charge is 0.193 e. The summed E-state index contributed by atoms with van der Waals surface area (Å²) in [7, 11) is 1.65. The van der Waals surface area contributed by atoms with Crippen molar-refractivity contribution in [3.05, 3.63) is 24.3 Å². The van der Waals surface area contributed by atoms with Crippen LogP contribution in [0, 0.1) is 0 Å². The minimum absolute atomic E-state index is 0. The number of benzene rings is 1.